The highest BCUT2D eigenvalue weighted by Crippen LogP contribution is 2.32. The number of amides is 1. The minimum atomic E-state index is -0.157. The first-order valence-electron chi connectivity index (χ1n) is 8.69. The van der Waals surface area contributed by atoms with Gasteiger partial charge in [-0.15, -0.1) is 0 Å². The maximum atomic E-state index is 12.6. The summed E-state index contributed by atoms with van der Waals surface area (Å²) in [5.74, 6) is 0. The van der Waals surface area contributed by atoms with E-state index in [1.165, 1.54) is 0 Å². The third kappa shape index (κ3) is 4.45. The van der Waals surface area contributed by atoms with Crippen molar-refractivity contribution in [3.05, 3.63) is 35.9 Å². The van der Waals surface area contributed by atoms with Crippen LogP contribution < -0.4 is 5.73 Å². The minimum absolute atomic E-state index is 0.157. The highest BCUT2D eigenvalue weighted by Gasteiger charge is 2.39. The van der Waals surface area contributed by atoms with Crippen LogP contribution in [0.4, 0.5) is 4.79 Å². The number of likely N-dealkylation sites (tertiary alicyclic amines) is 1. The van der Waals surface area contributed by atoms with Gasteiger partial charge in [-0.2, -0.15) is 0 Å². The van der Waals surface area contributed by atoms with Crippen molar-refractivity contribution in [2.75, 3.05) is 26.2 Å². The summed E-state index contributed by atoms with van der Waals surface area (Å²) < 4.78 is 5.58. The summed E-state index contributed by atoms with van der Waals surface area (Å²) in [6.45, 7) is 3.95. The summed E-state index contributed by atoms with van der Waals surface area (Å²) in [6, 6.07) is 10.5. The molecule has 2 fully saturated rings. The number of hydrogen-bond donors (Lipinski definition) is 1. The fraction of sp³-hybridized carbons (Fsp3) is 0.611. The molecule has 1 saturated carbocycles. The molecule has 1 aromatic rings. The zero-order valence-electron chi connectivity index (χ0n) is 13.7. The molecule has 1 saturated heterocycles. The van der Waals surface area contributed by atoms with Crippen LogP contribution in [0.25, 0.3) is 0 Å². The molecule has 1 heterocycles. The van der Waals surface area contributed by atoms with Gasteiger partial charge in [0.25, 0.3) is 0 Å². The predicted molar refractivity (Wildman–Crippen MR) is 90.0 cm³/mol. The second-order valence-electron chi connectivity index (χ2n) is 6.56. The molecule has 23 heavy (non-hydrogen) atoms. The van der Waals surface area contributed by atoms with Gasteiger partial charge in [-0.1, -0.05) is 30.3 Å². The van der Waals surface area contributed by atoms with Crippen molar-refractivity contribution in [2.24, 2.45) is 5.73 Å². The van der Waals surface area contributed by atoms with Crippen LogP contribution in [-0.4, -0.2) is 54.2 Å². The van der Waals surface area contributed by atoms with E-state index in [4.69, 9.17) is 10.5 Å². The standard InChI is InChI=1S/C18H27N3O2/c19-10-12-20-11-4-7-17(13-20)21(16-8-9-16)18(22)23-14-15-5-2-1-3-6-15/h1-3,5-6,16-17H,4,7-14,19H2/t17-/m0/s1. The van der Waals surface area contributed by atoms with E-state index in [2.05, 4.69) is 4.90 Å². The van der Waals surface area contributed by atoms with Gasteiger partial charge < -0.3 is 20.3 Å². The molecule has 1 atom stereocenters. The number of hydrogen-bond acceptors (Lipinski definition) is 4. The van der Waals surface area contributed by atoms with Crippen LogP contribution in [0.3, 0.4) is 0 Å². The van der Waals surface area contributed by atoms with E-state index in [9.17, 15) is 4.79 Å². The molecule has 0 radical (unpaired) electrons. The molecule has 5 nitrogen and oxygen atoms in total. The Bertz CT molecular complexity index is 502. The fourth-order valence-electron chi connectivity index (χ4n) is 3.39. The van der Waals surface area contributed by atoms with Crippen molar-refractivity contribution >= 4 is 6.09 Å². The number of piperidine rings is 1. The van der Waals surface area contributed by atoms with Gasteiger partial charge in [0.05, 0.1) is 0 Å². The number of ether oxygens (including phenoxy) is 1. The Kier molecular flexibility index (Phi) is 5.51. The molecule has 1 aromatic carbocycles. The molecule has 2 aliphatic rings. The SMILES string of the molecule is NCCN1CCC[C@H](N(C(=O)OCc2ccccc2)C2CC2)C1. The molecule has 1 amide bonds. The van der Waals surface area contributed by atoms with Crippen molar-refractivity contribution < 1.29 is 9.53 Å². The molecule has 0 unspecified atom stereocenters. The summed E-state index contributed by atoms with van der Waals surface area (Å²) in [5, 5.41) is 0. The Labute approximate surface area is 138 Å². The second-order valence-corrected chi connectivity index (χ2v) is 6.56. The van der Waals surface area contributed by atoms with Crippen LogP contribution in [0.15, 0.2) is 30.3 Å². The van der Waals surface area contributed by atoms with Crippen molar-refractivity contribution in [2.45, 2.75) is 44.4 Å². The Balaban J connectivity index is 1.58. The van der Waals surface area contributed by atoms with Crippen LogP contribution in [-0.2, 0) is 11.3 Å². The number of carbonyl (C=O) groups is 1. The Morgan fingerprint density at radius 1 is 1.22 bits per heavy atom. The van der Waals surface area contributed by atoms with E-state index in [1.54, 1.807) is 0 Å². The maximum absolute atomic E-state index is 12.6. The fourth-order valence-corrected chi connectivity index (χ4v) is 3.39. The van der Waals surface area contributed by atoms with Gasteiger partial charge >= 0.3 is 6.09 Å². The Morgan fingerprint density at radius 2 is 2.00 bits per heavy atom. The van der Waals surface area contributed by atoms with Gasteiger partial charge in [0, 0.05) is 31.7 Å². The van der Waals surface area contributed by atoms with Crippen molar-refractivity contribution in [3.63, 3.8) is 0 Å². The van der Waals surface area contributed by atoms with Crippen molar-refractivity contribution in [1.29, 1.82) is 0 Å². The molecule has 1 aliphatic heterocycles. The van der Waals surface area contributed by atoms with Crippen molar-refractivity contribution in [3.8, 4) is 0 Å². The van der Waals surface area contributed by atoms with Gasteiger partial charge in [-0.05, 0) is 37.8 Å². The van der Waals surface area contributed by atoms with Gasteiger partial charge in [-0.25, -0.2) is 4.79 Å². The number of nitrogens with zero attached hydrogens (tertiary/aromatic N) is 2. The monoisotopic (exact) mass is 317 g/mol. The molecule has 0 spiro atoms. The predicted octanol–water partition coefficient (Wildman–Crippen LogP) is 2.21. The molecule has 0 aromatic heterocycles. The summed E-state index contributed by atoms with van der Waals surface area (Å²) in [5.41, 5.74) is 6.71. The van der Waals surface area contributed by atoms with E-state index in [0.29, 0.717) is 19.2 Å². The van der Waals surface area contributed by atoms with Crippen LogP contribution >= 0.6 is 0 Å². The van der Waals surface area contributed by atoms with Crippen LogP contribution in [0.5, 0.6) is 0 Å². The van der Waals surface area contributed by atoms with Gasteiger partial charge in [0.1, 0.15) is 6.61 Å². The van der Waals surface area contributed by atoms with E-state index < -0.39 is 0 Å². The average Bonchev–Trinajstić information content (AvgIpc) is 3.40. The first-order valence-corrected chi connectivity index (χ1v) is 8.69. The lowest BCUT2D eigenvalue weighted by Crippen LogP contribution is -2.52. The molecular formula is C18H27N3O2. The Morgan fingerprint density at radius 3 is 2.70 bits per heavy atom. The first kappa shape index (κ1) is 16.3. The molecular weight excluding hydrogens is 290 g/mol. The molecule has 2 N–H and O–H groups in total. The summed E-state index contributed by atoms with van der Waals surface area (Å²) in [4.78, 5) is 17.0. The molecule has 0 bridgehead atoms. The van der Waals surface area contributed by atoms with Gasteiger partial charge in [-0.3, -0.25) is 0 Å². The van der Waals surface area contributed by atoms with Gasteiger partial charge in [0.2, 0.25) is 0 Å². The highest BCUT2D eigenvalue weighted by molar-refractivity contribution is 5.69. The lowest BCUT2D eigenvalue weighted by molar-refractivity contribution is 0.0531. The second kappa shape index (κ2) is 7.79. The molecule has 3 rings (SSSR count). The largest absolute Gasteiger partial charge is 0.445 e. The smallest absolute Gasteiger partial charge is 0.410 e. The number of nitrogens with two attached hydrogens (primary N) is 1. The number of benzene rings is 1. The third-order valence-electron chi connectivity index (χ3n) is 4.68. The molecule has 126 valence electrons. The van der Waals surface area contributed by atoms with E-state index in [0.717, 1.165) is 50.9 Å². The Hall–Kier alpha value is -1.59. The van der Waals surface area contributed by atoms with E-state index >= 15 is 0 Å². The van der Waals surface area contributed by atoms with Crippen LogP contribution in [0.2, 0.25) is 0 Å². The zero-order valence-corrected chi connectivity index (χ0v) is 13.7. The zero-order chi connectivity index (χ0) is 16.1. The third-order valence-corrected chi connectivity index (χ3v) is 4.68. The topological polar surface area (TPSA) is 58.8 Å². The average molecular weight is 317 g/mol. The van der Waals surface area contributed by atoms with E-state index in [1.807, 2.05) is 35.2 Å². The lowest BCUT2D eigenvalue weighted by atomic mass is 10.0. The molecule has 5 heteroatoms. The molecule has 1 aliphatic carbocycles. The summed E-state index contributed by atoms with van der Waals surface area (Å²) in [7, 11) is 0. The summed E-state index contributed by atoms with van der Waals surface area (Å²) in [6.07, 6.45) is 4.25. The van der Waals surface area contributed by atoms with Crippen LogP contribution in [0.1, 0.15) is 31.2 Å². The number of rotatable bonds is 6. The first-order chi connectivity index (χ1) is 11.3. The minimum Gasteiger partial charge on any atom is -0.445 e. The highest BCUT2D eigenvalue weighted by atomic mass is 16.6. The van der Waals surface area contributed by atoms with E-state index in [-0.39, 0.29) is 12.1 Å². The van der Waals surface area contributed by atoms with Crippen LogP contribution in [0, 0.1) is 0 Å². The lowest BCUT2D eigenvalue weighted by Gasteiger charge is -2.39. The summed E-state index contributed by atoms with van der Waals surface area (Å²) >= 11 is 0. The maximum Gasteiger partial charge on any atom is 0.410 e. The van der Waals surface area contributed by atoms with Gasteiger partial charge in [0.15, 0.2) is 0 Å². The van der Waals surface area contributed by atoms with Crippen molar-refractivity contribution in [1.82, 2.24) is 9.80 Å². The number of carbonyl (C=O) groups excluding carboxylic acids is 1. The quantitative estimate of drug-likeness (QED) is 0.874. The normalized spacial score (nSPS) is 21.9.